The van der Waals surface area contributed by atoms with Crippen LogP contribution in [0.2, 0.25) is 0 Å². The van der Waals surface area contributed by atoms with Gasteiger partial charge in [-0.3, -0.25) is 9.69 Å². The lowest BCUT2D eigenvalue weighted by Crippen LogP contribution is -2.38. The van der Waals surface area contributed by atoms with Crippen LogP contribution in [-0.4, -0.2) is 53.0 Å². The van der Waals surface area contributed by atoms with E-state index in [-0.39, 0.29) is 16.8 Å². The highest BCUT2D eigenvalue weighted by molar-refractivity contribution is 7.89. The third-order valence-electron chi connectivity index (χ3n) is 4.88. The molecule has 1 atom stereocenters. The molecule has 1 amide bonds. The number of sulfonamides is 1. The SMILES string of the molecule is CCN(CC)C(CNC(=O)c1ccc(S(=O)(=O)NC)cc1)c1cccc(OC)c1. The minimum absolute atomic E-state index is 0.00649. The number of carbonyl (C=O) groups is 1. The van der Waals surface area contributed by atoms with Crippen molar-refractivity contribution in [3.8, 4) is 5.75 Å². The van der Waals surface area contributed by atoms with E-state index in [0.29, 0.717) is 12.1 Å². The summed E-state index contributed by atoms with van der Waals surface area (Å²) in [7, 11) is -0.548. The zero-order chi connectivity index (χ0) is 21.4. The summed E-state index contributed by atoms with van der Waals surface area (Å²) in [6.45, 7) is 6.26. The normalized spacial score (nSPS) is 12.6. The number of methoxy groups -OCH3 is 1. The van der Waals surface area contributed by atoms with Crippen molar-refractivity contribution in [1.82, 2.24) is 14.9 Å². The fourth-order valence-corrected chi connectivity index (χ4v) is 3.90. The van der Waals surface area contributed by atoms with Crippen LogP contribution in [0.4, 0.5) is 0 Å². The number of nitrogens with one attached hydrogen (secondary N) is 2. The zero-order valence-corrected chi connectivity index (χ0v) is 18.1. The molecule has 0 aromatic heterocycles. The quantitative estimate of drug-likeness (QED) is 0.618. The molecule has 0 radical (unpaired) electrons. The number of nitrogens with zero attached hydrogens (tertiary/aromatic N) is 1. The molecule has 8 heteroatoms. The van der Waals surface area contributed by atoms with E-state index in [0.717, 1.165) is 24.4 Å². The van der Waals surface area contributed by atoms with Crippen LogP contribution in [0.5, 0.6) is 5.75 Å². The molecule has 0 heterocycles. The highest BCUT2D eigenvalue weighted by Crippen LogP contribution is 2.24. The first-order valence-corrected chi connectivity index (χ1v) is 11.0. The largest absolute Gasteiger partial charge is 0.497 e. The number of rotatable bonds is 10. The first-order chi connectivity index (χ1) is 13.9. The van der Waals surface area contributed by atoms with Gasteiger partial charge in [-0.15, -0.1) is 0 Å². The summed E-state index contributed by atoms with van der Waals surface area (Å²) in [4.78, 5) is 15.0. The second-order valence-electron chi connectivity index (χ2n) is 6.46. The topological polar surface area (TPSA) is 87.7 Å². The van der Waals surface area contributed by atoms with E-state index in [1.807, 2.05) is 24.3 Å². The Balaban J connectivity index is 2.16. The molecular formula is C21H29N3O4S. The molecule has 2 N–H and O–H groups in total. The summed E-state index contributed by atoms with van der Waals surface area (Å²) in [5, 5.41) is 2.97. The Labute approximate surface area is 173 Å². The Morgan fingerprint density at radius 1 is 1.10 bits per heavy atom. The van der Waals surface area contributed by atoms with Crippen LogP contribution in [0.15, 0.2) is 53.4 Å². The average Bonchev–Trinajstić information content (AvgIpc) is 2.76. The van der Waals surface area contributed by atoms with Crippen LogP contribution >= 0.6 is 0 Å². The Kier molecular flexibility index (Phi) is 8.19. The number of hydrogen-bond donors (Lipinski definition) is 2. The highest BCUT2D eigenvalue weighted by atomic mass is 32.2. The van der Waals surface area contributed by atoms with Gasteiger partial charge in [0.05, 0.1) is 18.0 Å². The Bertz CT molecular complexity index is 910. The summed E-state index contributed by atoms with van der Waals surface area (Å²) in [6, 6.07) is 13.7. The smallest absolute Gasteiger partial charge is 0.251 e. The number of amides is 1. The van der Waals surface area contributed by atoms with Gasteiger partial charge in [-0.2, -0.15) is 0 Å². The summed E-state index contributed by atoms with van der Waals surface area (Å²) in [5.41, 5.74) is 1.47. The lowest BCUT2D eigenvalue weighted by molar-refractivity contribution is 0.0935. The van der Waals surface area contributed by atoms with Gasteiger partial charge >= 0.3 is 0 Å². The van der Waals surface area contributed by atoms with E-state index in [4.69, 9.17) is 4.74 Å². The van der Waals surface area contributed by atoms with Gasteiger partial charge in [0, 0.05) is 12.1 Å². The van der Waals surface area contributed by atoms with Crippen LogP contribution in [0.1, 0.15) is 35.8 Å². The van der Waals surface area contributed by atoms with Crippen molar-refractivity contribution in [3.63, 3.8) is 0 Å². The van der Waals surface area contributed by atoms with E-state index < -0.39 is 10.0 Å². The van der Waals surface area contributed by atoms with Crippen LogP contribution in [0.25, 0.3) is 0 Å². The maximum absolute atomic E-state index is 12.6. The van der Waals surface area contributed by atoms with E-state index >= 15 is 0 Å². The molecule has 0 bridgehead atoms. The average molecular weight is 420 g/mol. The fraction of sp³-hybridized carbons (Fsp3) is 0.381. The zero-order valence-electron chi connectivity index (χ0n) is 17.3. The predicted octanol–water partition coefficient (Wildman–Crippen LogP) is 2.42. The monoisotopic (exact) mass is 419 g/mol. The molecule has 0 saturated heterocycles. The van der Waals surface area contributed by atoms with E-state index in [9.17, 15) is 13.2 Å². The minimum Gasteiger partial charge on any atom is -0.497 e. The van der Waals surface area contributed by atoms with Crippen LogP contribution in [-0.2, 0) is 10.0 Å². The highest BCUT2D eigenvalue weighted by Gasteiger charge is 2.20. The van der Waals surface area contributed by atoms with Gasteiger partial charge in [-0.1, -0.05) is 26.0 Å². The van der Waals surface area contributed by atoms with Gasteiger partial charge in [0.2, 0.25) is 10.0 Å². The fourth-order valence-electron chi connectivity index (χ4n) is 3.17. The Morgan fingerprint density at radius 3 is 2.31 bits per heavy atom. The second-order valence-corrected chi connectivity index (χ2v) is 8.34. The van der Waals surface area contributed by atoms with Gasteiger partial charge in [0.15, 0.2) is 0 Å². The molecule has 1 unspecified atom stereocenters. The van der Waals surface area contributed by atoms with Gasteiger partial charge in [-0.25, -0.2) is 13.1 Å². The van der Waals surface area contributed by atoms with Crippen molar-refractivity contribution >= 4 is 15.9 Å². The number of carbonyl (C=O) groups excluding carboxylic acids is 1. The lowest BCUT2D eigenvalue weighted by atomic mass is 10.0. The molecule has 0 aliphatic heterocycles. The van der Waals surface area contributed by atoms with Crippen LogP contribution < -0.4 is 14.8 Å². The number of likely N-dealkylation sites (N-methyl/N-ethyl adjacent to an activating group) is 1. The van der Waals surface area contributed by atoms with E-state index in [1.165, 1.54) is 31.3 Å². The van der Waals surface area contributed by atoms with Crippen molar-refractivity contribution < 1.29 is 17.9 Å². The van der Waals surface area contributed by atoms with Crippen molar-refractivity contribution in [1.29, 1.82) is 0 Å². The molecular weight excluding hydrogens is 390 g/mol. The molecule has 0 aliphatic carbocycles. The molecule has 7 nitrogen and oxygen atoms in total. The summed E-state index contributed by atoms with van der Waals surface area (Å²) >= 11 is 0. The lowest BCUT2D eigenvalue weighted by Gasteiger charge is -2.30. The molecule has 0 spiro atoms. The van der Waals surface area contributed by atoms with Crippen molar-refractivity contribution in [2.75, 3.05) is 33.8 Å². The summed E-state index contributed by atoms with van der Waals surface area (Å²) < 4.78 is 31.2. The van der Waals surface area contributed by atoms with Gasteiger partial charge in [-0.05, 0) is 62.1 Å². The second kappa shape index (κ2) is 10.4. The minimum atomic E-state index is -3.53. The van der Waals surface area contributed by atoms with E-state index in [2.05, 4.69) is 28.8 Å². The standard InChI is InChI=1S/C21H29N3O4S/c1-5-24(6-2)20(17-8-7-9-18(14-17)28-4)15-23-21(25)16-10-12-19(13-11-16)29(26,27)22-3/h7-14,20,22H,5-6,15H2,1-4H3,(H,23,25). The van der Waals surface area contributed by atoms with Gasteiger partial charge in [0.1, 0.15) is 5.75 Å². The molecule has 29 heavy (non-hydrogen) atoms. The molecule has 2 aromatic rings. The molecule has 0 fully saturated rings. The number of ether oxygens (including phenoxy) is 1. The van der Waals surface area contributed by atoms with Crippen LogP contribution in [0.3, 0.4) is 0 Å². The first-order valence-electron chi connectivity index (χ1n) is 9.56. The van der Waals surface area contributed by atoms with Crippen molar-refractivity contribution in [2.24, 2.45) is 0 Å². The number of benzene rings is 2. The maximum atomic E-state index is 12.6. The molecule has 2 rings (SSSR count). The number of hydrogen-bond acceptors (Lipinski definition) is 5. The molecule has 2 aromatic carbocycles. The molecule has 0 saturated carbocycles. The summed E-state index contributed by atoms with van der Waals surface area (Å²) in [5.74, 6) is 0.519. The maximum Gasteiger partial charge on any atom is 0.251 e. The van der Waals surface area contributed by atoms with Gasteiger partial charge in [0.25, 0.3) is 5.91 Å². The third kappa shape index (κ3) is 5.79. The summed E-state index contributed by atoms with van der Waals surface area (Å²) in [6.07, 6.45) is 0. The Hall–Kier alpha value is -2.42. The van der Waals surface area contributed by atoms with Gasteiger partial charge < -0.3 is 10.1 Å². The molecule has 158 valence electrons. The van der Waals surface area contributed by atoms with Crippen LogP contribution in [0, 0.1) is 0 Å². The molecule has 0 aliphatic rings. The Morgan fingerprint density at radius 2 is 1.76 bits per heavy atom. The van der Waals surface area contributed by atoms with E-state index in [1.54, 1.807) is 7.11 Å². The third-order valence-corrected chi connectivity index (χ3v) is 6.31. The van der Waals surface area contributed by atoms with Crippen molar-refractivity contribution in [2.45, 2.75) is 24.8 Å². The van der Waals surface area contributed by atoms with Crippen molar-refractivity contribution in [3.05, 3.63) is 59.7 Å². The predicted molar refractivity (Wildman–Crippen MR) is 114 cm³/mol. The first kappa shape index (κ1) is 22.9.